The van der Waals surface area contributed by atoms with E-state index in [2.05, 4.69) is 33.7 Å². The van der Waals surface area contributed by atoms with Crippen molar-refractivity contribution in [2.24, 2.45) is 0 Å². The van der Waals surface area contributed by atoms with Crippen molar-refractivity contribution >= 4 is 27.8 Å². The third-order valence-electron chi connectivity index (χ3n) is 5.27. The molecule has 0 aliphatic carbocycles. The van der Waals surface area contributed by atoms with Crippen LogP contribution in [0.2, 0.25) is 0 Å². The number of carbonyl (C=O) groups is 1. The molecule has 0 atom stereocenters. The predicted molar refractivity (Wildman–Crippen MR) is 121 cm³/mol. The number of benzene rings is 2. The van der Waals surface area contributed by atoms with Gasteiger partial charge in [-0.15, -0.1) is 0 Å². The number of aromatic nitrogens is 4. The summed E-state index contributed by atoms with van der Waals surface area (Å²) in [6.45, 7) is 4.25. The second-order valence-electron chi connectivity index (χ2n) is 7.66. The molecule has 0 fully saturated rings. The summed E-state index contributed by atoms with van der Waals surface area (Å²) >= 11 is 0. The smallest absolute Gasteiger partial charge is 0.261 e. The molecule has 9 heteroatoms. The molecule has 0 saturated carbocycles. The molecule has 9 nitrogen and oxygen atoms in total. The van der Waals surface area contributed by atoms with Crippen molar-refractivity contribution in [3.05, 3.63) is 58.9 Å². The molecule has 0 aliphatic rings. The highest BCUT2D eigenvalue weighted by Gasteiger charge is 2.15. The maximum Gasteiger partial charge on any atom is 0.261 e. The molecule has 0 spiro atoms. The summed E-state index contributed by atoms with van der Waals surface area (Å²) in [7, 11) is 3.01. The van der Waals surface area contributed by atoms with Gasteiger partial charge in [0, 0.05) is 12.1 Å². The van der Waals surface area contributed by atoms with Gasteiger partial charge >= 0.3 is 0 Å². The number of nitrogens with zero attached hydrogens (tertiary/aromatic N) is 4. The van der Waals surface area contributed by atoms with E-state index in [9.17, 15) is 9.59 Å². The number of fused-ring (bicyclic) bond motifs is 2. The molecule has 0 radical (unpaired) electrons. The monoisotopic (exact) mass is 435 g/mol. The van der Waals surface area contributed by atoms with Crippen LogP contribution in [-0.4, -0.2) is 39.2 Å². The van der Waals surface area contributed by atoms with E-state index in [1.165, 1.54) is 25.1 Å². The Morgan fingerprint density at radius 2 is 1.81 bits per heavy atom. The first-order valence-corrected chi connectivity index (χ1v) is 10.3. The molecule has 4 rings (SSSR count). The standard InChI is InChI=1S/C23H25N5O4/c1-14(2)28-18-8-6-5-7-16(18)26-21(28)11-24-22(29)12-27-13-25-17-10-20(32-4)19(31-3)9-15(17)23(27)30/h5-10,13-14H,11-12H2,1-4H3,(H,24,29). The highest BCUT2D eigenvalue weighted by atomic mass is 16.5. The first-order chi connectivity index (χ1) is 15.4. The Bertz CT molecular complexity index is 1360. The lowest BCUT2D eigenvalue weighted by atomic mass is 10.2. The first-order valence-electron chi connectivity index (χ1n) is 10.3. The van der Waals surface area contributed by atoms with Crippen LogP contribution >= 0.6 is 0 Å². The summed E-state index contributed by atoms with van der Waals surface area (Å²) in [5.41, 5.74) is 2.03. The van der Waals surface area contributed by atoms with Gasteiger partial charge in [-0.1, -0.05) is 12.1 Å². The van der Waals surface area contributed by atoms with E-state index in [1.807, 2.05) is 24.3 Å². The maximum absolute atomic E-state index is 12.9. The van der Waals surface area contributed by atoms with Crippen LogP contribution in [0.5, 0.6) is 11.5 Å². The van der Waals surface area contributed by atoms with Crippen molar-refractivity contribution in [1.29, 1.82) is 0 Å². The zero-order chi connectivity index (χ0) is 22.8. The number of rotatable bonds is 7. The Kier molecular flexibility index (Phi) is 5.81. The highest BCUT2D eigenvalue weighted by molar-refractivity contribution is 5.82. The van der Waals surface area contributed by atoms with Gasteiger partial charge in [0.15, 0.2) is 11.5 Å². The lowest BCUT2D eigenvalue weighted by Gasteiger charge is -2.14. The number of carbonyl (C=O) groups excluding carboxylic acids is 1. The van der Waals surface area contributed by atoms with Crippen LogP contribution in [0.25, 0.3) is 21.9 Å². The van der Waals surface area contributed by atoms with Crippen molar-refractivity contribution < 1.29 is 14.3 Å². The topological polar surface area (TPSA) is 100 Å². The van der Waals surface area contributed by atoms with E-state index < -0.39 is 0 Å². The fraction of sp³-hybridized carbons (Fsp3) is 0.304. The Hall–Kier alpha value is -3.88. The minimum absolute atomic E-state index is 0.155. The number of methoxy groups -OCH3 is 2. The molecule has 32 heavy (non-hydrogen) atoms. The average molecular weight is 435 g/mol. The van der Waals surface area contributed by atoms with Gasteiger partial charge in [0.2, 0.25) is 5.91 Å². The number of ether oxygens (including phenoxy) is 2. The summed E-state index contributed by atoms with van der Waals surface area (Å²) in [4.78, 5) is 34.5. The third kappa shape index (κ3) is 3.89. The van der Waals surface area contributed by atoms with E-state index >= 15 is 0 Å². The number of nitrogens with one attached hydrogen (secondary N) is 1. The van der Waals surface area contributed by atoms with Crippen molar-refractivity contribution in [2.45, 2.75) is 33.0 Å². The van der Waals surface area contributed by atoms with Crippen LogP contribution < -0.4 is 20.3 Å². The largest absolute Gasteiger partial charge is 0.493 e. The minimum atomic E-state index is -0.333. The van der Waals surface area contributed by atoms with Gasteiger partial charge in [-0.2, -0.15) is 0 Å². The SMILES string of the molecule is COc1cc2ncn(CC(=O)NCc3nc4ccccc4n3C(C)C)c(=O)c2cc1OC. The molecule has 166 valence electrons. The molecule has 4 aromatic rings. The second kappa shape index (κ2) is 8.70. The Labute approximate surface area is 184 Å². The molecule has 0 saturated heterocycles. The molecule has 1 N–H and O–H groups in total. The van der Waals surface area contributed by atoms with Gasteiger partial charge < -0.3 is 19.4 Å². The second-order valence-corrected chi connectivity index (χ2v) is 7.66. The summed E-state index contributed by atoms with van der Waals surface area (Å²) in [5.74, 6) is 1.36. The van der Waals surface area contributed by atoms with E-state index in [-0.39, 0.29) is 30.6 Å². The summed E-state index contributed by atoms with van der Waals surface area (Å²) < 4.78 is 13.9. The quantitative estimate of drug-likeness (QED) is 0.479. The van der Waals surface area contributed by atoms with Crippen LogP contribution in [0.3, 0.4) is 0 Å². The first kappa shape index (κ1) is 21.4. The lowest BCUT2D eigenvalue weighted by molar-refractivity contribution is -0.121. The fourth-order valence-electron chi connectivity index (χ4n) is 3.78. The lowest BCUT2D eigenvalue weighted by Crippen LogP contribution is -2.33. The normalized spacial score (nSPS) is 11.3. The van der Waals surface area contributed by atoms with E-state index in [1.54, 1.807) is 12.1 Å². The van der Waals surface area contributed by atoms with Gasteiger partial charge in [-0.3, -0.25) is 14.2 Å². The van der Waals surface area contributed by atoms with Crippen LogP contribution in [0, 0.1) is 0 Å². The number of hydrogen-bond donors (Lipinski definition) is 1. The van der Waals surface area contributed by atoms with Crippen molar-refractivity contribution in [3.8, 4) is 11.5 Å². The summed E-state index contributed by atoms with van der Waals surface area (Å²) in [6.07, 6.45) is 1.36. The molecule has 0 bridgehead atoms. The Morgan fingerprint density at radius 1 is 1.09 bits per heavy atom. The van der Waals surface area contributed by atoms with Gasteiger partial charge in [-0.05, 0) is 32.0 Å². The molecule has 2 heterocycles. The zero-order valence-corrected chi connectivity index (χ0v) is 18.5. The van der Waals surface area contributed by atoms with Gasteiger partial charge in [-0.25, -0.2) is 9.97 Å². The van der Waals surface area contributed by atoms with Crippen LogP contribution in [0.1, 0.15) is 25.7 Å². The van der Waals surface area contributed by atoms with Gasteiger partial charge in [0.05, 0.1) is 49.0 Å². The van der Waals surface area contributed by atoms with Gasteiger partial charge in [0.25, 0.3) is 5.56 Å². The highest BCUT2D eigenvalue weighted by Crippen LogP contribution is 2.29. The number of amides is 1. The molecular formula is C23H25N5O4. The molecule has 0 unspecified atom stereocenters. The molecular weight excluding hydrogens is 410 g/mol. The number of para-hydroxylation sites is 2. The van der Waals surface area contributed by atoms with Crippen molar-refractivity contribution in [1.82, 2.24) is 24.4 Å². The molecule has 1 amide bonds. The Morgan fingerprint density at radius 3 is 2.53 bits per heavy atom. The third-order valence-corrected chi connectivity index (χ3v) is 5.27. The average Bonchev–Trinajstić information content (AvgIpc) is 3.17. The summed E-state index contributed by atoms with van der Waals surface area (Å²) in [5, 5.41) is 3.21. The maximum atomic E-state index is 12.9. The number of imidazole rings is 1. The minimum Gasteiger partial charge on any atom is -0.493 e. The van der Waals surface area contributed by atoms with E-state index in [0.717, 1.165) is 16.9 Å². The molecule has 2 aromatic heterocycles. The molecule has 0 aliphatic heterocycles. The predicted octanol–water partition coefficient (Wildman–Crippen LogP) is 2.66. The Balaban J connectivity index is 1.55. The van der Waals surface area contributed by atoms with Crippen molar-refractivity contribution in [2.75, 3.05) is 14.2 Å². The van der Waals surface area contributed by atoms with E-state index in [4.69, 9.17) is 9.47 Å². The number of hydrogen-bond acceptors (Lipinski definition) is 6. The van der Waals surface area contributed by atoms with E-state index in [0.29, 0.717) is 22.4 Å². The van der Waals surface area contributed by atoms with Gasteiger partial charge in [0.1, 0.15) is 12.4 Å². The van der Waals surface area contributed by atoms with Crippen LogP contribution in [0.4, 0.5) is 0 Å². The zero-order valence-electron chi connectivity index (χ0n) is 18.5. The van der Waals surface area contributed by atoms with Crippen LogP contribution in [0.15, 0.2) is 47.5 Å². The fourth-order valence-corrected chi connectivity index (χ4v) is 3.78. The summed E-state index contributed by atoms with van der Waals surface area (Å²) in [6, 6.07) is 11.3. The van der Waals surface area contributed by atoms with Crippen molar-refractivity contribution in [3.63, 3.8) is 0 Å². The van der Waals surface area contributed by atoms with Crippen LogP contribution in [-0.2, 0) is 17.9 Å². The molecule has 2 aromatic carbocycles.